The minimum absolute atomic E-state index is 0.00375. The van der Waals surface area contributed by atoms with E-state index in [0.29, 0.717) is 11.3 Å². The molecule has 0 fully saturated rings. The summed E-state index contributed by atoms with van der Waals surface area (Å²) in [7, 11) is -3.38. The molecule has 2 aromatic carbocycles. The number of sulfonamides is 1. The number of nitrogens with zero attached hydrogens (tertiary/aromatic N) is 2. The third-order valence-electron chi connectivity index (χ3n) is 4.60. The summed E-state index contributed by atoms with van der Waals surface area (Å²) >= 11 is 0. The number of hydrogen-bond donors (Lipinski definition) is 1. The van der Waals surface area contributed by atoms with Crippen LogP contribution in [-0.4, -0.2) is 19.2 Å². The summed E-state index contributed by atoms with van der Waals surface area (Å²) in [4.78, 5) is 0. The van der Waals surface area contributed by atoms with E-state index < -0.39 is 15.8 Å². The maximum atomic E-state index is 14.1. The fourth-order valence-corrected chi connectivity index (χ4v) is 3.65. The molecule has 0 saturated heterocycles. The average molecular weight is 385 g/mol. The summed E-state index contributed by atoms with van der Waals surface area (Å²) in [6.45, 7) is 4.13. The molecule has 1 heterocycles. The Morgan fingerprint density at radius 2 is 2.00 bits per heavy atom. The van der Waals surface area contributed by atoms with Crippen LogP contribution < -0.4 is 4.72 Å². The van der Waals surface area contributed by atoms with Crippen LogP contribution in [0.1, 0.15) is 31.9 Å². The highest BCUT2D eigenvalue weighted by Gasteiger charge is 2.16. The quantitative estimate of drug-likeness (QED) is 0.694. The van der Waals surface area contributed by atoms with Gasteiger partial charge in [0.2, 0.25) is 10.0 Å². The summed E-state index contributed by atoms with van der Waals surface area (Å²) in [5, 5.41) is 9.82. The van der Waals surface area contributed by atoms with Crippen molar-refractivity contribution in [1.82, 2.24) is 4.57 Å². The Bertz CT molecular complexity index is 1160. The number of fused-ring (bicyclic) bond motifs is 1. The largest absolute Gasteiger partial charge is 0.344 e. The minimum Gasteiger partial charge on any atom is -0.344 e. The van der Waals surface area contributed by atoms with Crippen molar-refractivity contribution in [1.29, 1.82) is 5.26 Å². The molecule has 1 atom stereocenters. The Morgan fingerprint density at radius 3 is 2.59 bits per heavy atom. The normalized spacial score (nSPS) is 12.7. The number of nitriles is 1. The molecule has 0 spiro atoms. The van der Waals surface area contributed by atoms with Gasteiger partial charge < -0.3 is 4.57 Å². The first-order valence-corrected chi connectivity index (χ1v) is 10.4. The summed E-state index contributed by atoms with van der Waals surface area (Å²) in [5.41, 5.74) is 2.84. The van der Waals surface area contributed by atoms with Crippen molar-refractivity contribution in [2.75, 3.05) is 11.0 Å². The number of nitrogens with one attached hydrogen (secondary N) is 1. The van der Waals surface area contributed by atoms with E-state index in [2.05, 4.69) is 23.1 Å². The molecule has 3 rings (SSSR count). The molecule has 27 heavy (non-hydrogen) atoms. The van der Waals surface area contributed by atoms with Gasteiger partial charge in [-0.15, -0.1) is 0 Å². The Balaban J connectivity index is 2.22. The number of hydrogen-bond acceptors (Lipinski definition) is 3. The van der Waals surface area contributed by atoms with E-state index in [0.717, 1.165) is 29.1 Å². The molecule has 1 N–H and O–H groups in total. The van der Waals surface area contributed by atoms with Gasteiger partial charge in [0, 0.05) is 23.2 Å². The topological polar surface area (TPSA) is 74.9 Å². The van der Waals surface area contributed by atoms with Crippen molar-refractivity contribution in [3.8, 4) is 17.2 Å². The van der Waals surface area contributed by atoms with E-state index in [-0.39, 0.29) is 11.6 Å². The van der Waals surface area contributed by atoms with Gasteiger partial charge in [-0.25, -0.2) is 12.8 Å². The standard InChI is InChI=1S/C20H20FN3O2S/c1-4-13(2)24-12-18(14-5-6-15(11-22)19(21)9-14)17-8-7-16(10-20(17)24)23-27(3,25)26/h5-10,12-13,23H,4H2,1-3H3/t13-/m1/s1. The lowest BCUT2D eigenvalue weighted by Gasteiger charge is -2.13. The Hall–Kier alpha value is -2.85. The van der Waals surface area contributed by atoms with Gasteiger partial charge in [0.05, 0.1) is 23.0 Å². The third kappa shape index (κ3) is 3.81. The number of aromatic nitrogens is 1. The lowest BCUT2D eigenvalue weighted by molar-refractivity contribution is 0.548. The van der Waals surface area contributed by atoms with Crippen molar-refractivity contribution in [2.24, 2.45) is 0 Å². The fraction of sp³-hybridized carbons (Fsp3) is 0.250. The van der Waals surface area contributed by atoms with Crippen molar-refractivity contribution < 1.29 is 12.8 Å². The van der Waals surface area contributed by atoms with E-state index in [9.17, 15) is 12.8 Å². The molecule has 3 aromatic rings. The van der Waals surface area contributed by atoms with Crippen LogP contribution >= 0.6 is 0 Å². The minimum atomic E-state index is -3.38. The maximum absolute atomic E-state index is 14.1. The average Bonchev–Trinajstić information content (AvgIpc) is 2.98. The Kier molecular flexibility index (Phi) is 4.94. The lowest BCUT2D eigenvalue weighted by atomic mass is 10.0. The van der Waals surface area contributed by atoms with E-state index in [1.165, 1.54) is 12.1 Å². The zero-order chi connectivity index (χ0) is 19.8. The molecule has 0 amide bonds. The summed E-state index contributed by atoms with van der Waals surface area (Å²) in [5.74, 6) is -0.560. The molecule has 7 heteroatoms. The fourth-order valence-electron chi connectivity index (χ4n) is 3.09. The summed E-state index contributed by atoms with van der Waals surface area (Å²) < 4.78 is 41.8. The second-order valence-corrected chi connectivity index (χ2v) is 8.37. The highest BCUT2D eigenvalue weighted by atomic mass is 32.2. The van der Waals surface area contributed by atoms with Gasteiger partial charge in [-0.3, -0.25) is 4.72 Å². The van der Waals surface area contributed by atoms with Crippen LogP contribution in [0.3, 0.4) is 0 Å². The van der Waals surface area contributed by atoms with Gasteiger partial charge >= 0.3 is 0 Å². The molecule has 0 radical (unpaired) electrons. The molecule has 1 aromatic heterocycles. The smallest absolute Gasteiger partial charge is 0.229 e. The van der Waals surface area contributed by atoms with Gasteiger partial charge in [-0.05, 0) is 43.2 Å². The molecule has 0 aliphatic rings. The molecule has 5 nitrogen and oxygen atoms in total. The maximum Gasteiger partial charge on any atom is 0.229 e. The highest BCUT2D eigenvalue weighted by Crippen LogP contribution is 2.35. The van der Waals surface area contributed by atoms with Crippen LogP contribution in [0.25, 0.3) is 22.0 Å². The van der Waals surface area contributed by atoms with Crippen LogP contribution in [0.4, 0.5) is 10.1 Å². The zero-order valence-corrected chi connectivity index (χ0v) is 16.1. The third-order valence-corrected chi connectivity index (χ3v) is 5.21. The van der Waals surface area contributed by atoms with Crippen molar-refractivity contribution in [2.45, 2.75) is 26.3 Å². The van der Waals surface area contributed by atoms with Crippen LogP contribution in [-0.2, 0) is 10.0 Å². The second-order valence-electron chi connectivity index (χ2n) is 6.62. The van der Waals surface area contributed by atoms with E-state index in [4.69, 9.17) is 5.26 Å². The van der Waals surface area contributed by atoms with Crippen LogP contribution in [0, 0.1) is 17.1 Å². The number of halogens is 1. The monoisotopic (exact) mass is 385 g/mol. The first kappa shape index (κ1) is 18.9. The molecular formula is C20H20FN3O2S. The van der Waals surface area contributed by atoms with Crippen LogP contribution in [0.5, 0.6) is 0 Å². The molecule has 0 unspecified atom stereocenters. The molecule has 0 saturated carbocycles. The summed E-state index contributed by atoms with van der Waals surface area (Å²) in [6.07, 6.45) is 3.94. The molecule has 0 aliphatic carbocycles. The number of benzene rings is 2. The van der Waals surface area contributed by atoms with Gasteiger partial charge in [-0.1, -0.05) is 19.1 Å². The SMILES string of the molecule is CC[C@@H](C)n1cc(-c2ccc(C#N)c(F)c2)c2ccc(NS(C)(=O)=O)cc21. The highest BCUT2D eigenvalue weighted by molar-refractivity contribution is 7.92. The van der Waals surface area contributed by atoms with Crippen LogP contribution in [0.2, 0.25) is 0 Å². The molecule has 140 valence electrons. The first-order valence-electron chi connectivity index (χ1n) is 8.56. The number of rotatable bonds is 5. The first-order chi connectivity index (χ1) is 12.7. The zero-order valence-electron chi connectivity index (χ0n) is 15.3. The summed E-state index contributed by atoms with van der Waals surface area (Å²) in [6, 6.07) is 11.9. The van der Waals surface area contributed by atoms with Gasteiger partial charge in [-0.2, -0.15) is 5.26 Å². The molecular weight excluding hydrogens is 365 g/mol. The molecule has 0 aliphatic heterocycles. The van der Waals surface area contributed by atoms with Crippen molar-refractivity contribution in [3.05, 3.63) is 54.0 Å². The van der Waals surface area contributed by atoms with E-state index >= 15 is 0 Å². The van der Waals surface area contributed by atoms with Gasteiger partial charge in [0.25, 0.3) is 0 Å². The van der Waals surface area contributed by atoms with Gasteiger partial charge in [0.1, 0.15) is 11.9 Å². The number of anilines is 1. The van der Waals surface area contributed by atoms with E-state index in [1.54, 1.807) is 18.2 Å². The Labute approximate surface area is 158 Å². The Morgan fingerprint density at radius 1 is 1.26 bits per heavy atom. The molecule has 0 bridgehead atoms. The van der Waals surface area contributed by atoms with Crippen molar-refractivity contribution >= 4 is 26.6 Å². The second kappa shape index (κ2) is 7.05. The predicted molar refractivity (Wildman–Crippen MR) is 106 cm³/mol. The predicted octanol–water partition coefficient (Wildman–Crippen LogP) is 4.66. The lowest BCUT2D eigenvalue weighted by Crippen LogP contribution is -2.09. The van der Waals surface area contributed by atoms with Gasteiger partial charge in [0.15, 0.2) is 0 Å². The van der Waals surface area contributed by atoms with Crippen molar-refractivity contribution in [3.63, 3.8) is 0 Å². The van der Waals surface area contributed by atoms with Crippen LogP contribution in [0.15, 0.2) is 42.6 Å². The van der Waals surface area contributed by atoms with E-state index in [1.807, 2.05) is 18.3 Å².